The molecule has 19 heavy (non-hydrogen) atoms. The molecule has 1 aromatic carbocycles. The Balaban J connectivity index is 2.99. The van der Waals surface area contributed by atoms with Crippen molar-refractivity contribution in [1.82, 2.24) is 5.32 Å². The van der Waals surface area contributed by atoms with Crippen molar-refractivity contribution in [2.75, 3.05) is 13.7 Å². The van der Waals surface area contributed by atoms with E-state index >= 15 is 0 Å². The predicted octanol–water partition coefficient (Wildman–Crippen LogP) is 4.33. The van der Waals surface area contributed by atoms with Gasteiger partial charge in [-0.3, -0.25) is 0 Å². The summed E-state index contributed by atoms with van der Waals surface area (Å²) in [5.74, 6) is -0.278. The first kappa shape index (κ1) is 16.4. The number of hydrogen-bond donors (Lipinski definition) is 1. The normalized spacial score (nSPS) is 14.4. The standard InChI is InChI=1S/C15H23ClFNO/c1-4-6-14(19-3)15(18-9-5-2)12-8-7-11(16)10-13(12)17/h7-8,10,14-15,18H,4-6,9H2,1-3H3. The molecule has 0 saturated carbocycles. The van der Waals surface area contributed by atoms with Crippen LogP contribution in [0.3, 0.4) is 0 Å². The molecule has 0 heterocycles. The topological polar surface area (TPSA) is 21.3 Å². The van der Waals surface area contributed by atoms with Gasteiger partial charge in [0.15, 0.2) is 0 Å². The second-order valence-electron chi connectivity index (χ2n) is 4.66. The number of nitrogens with one attached hydrogen (secondary N) is 1. The Kier molecular flexibility index (Phi) is 7.36. The van der Waals surface area contributed by atoms with Gasteiger partial charge in [0.2, 0.25) is 0 Å². The third-order valence-corrected chi connectivity index (χ3v) is 3.39. The van der Waals surface area contributed by atoms with Crippen molar-refractivity contribution < 1.29 is 9.13 Å². The minimum atomic E-state index is -0.278. The monoisotopic (exact) mass is 287 g/mol. The minimum absolute atomic E-state index is 0.0350. The van der Waals surface area contributed by atoms with Crippen LogP contribution in [-0.2, 0) is 4.74 Å². The zero-order valence-corrected chi connectivity index (χ0v) is 12.6. The molecule has 0 aromatic heterocycles. The fourth-order valence-electron chi connectivity index (χ4n) is 2.20. The Morgan fingerprint density at radius 2 is 2.05 bits per heavy atom. The largest absolute Gasteiger partial charge is 0.379 e. The molecule has 2 unspecified atom stereocenters. The van der Waals surface area contributed by atoms with E-state index in [1.165, 1.54) is 6.07 Å². The lowest BCUT2D eigenvalue weighted by Crippen LogP contribution is -2.34. The molecule has 0 aliphatic rings. The molecule has 1 aromatic rings. The lowest BCUT2D eigenvalue weighted by molar-refractivity contribution is 0.0595. The van der Waals surface area contributed by atoms with Crippen molar-refractivity contribution in [2.45, 2.75) is 45.3 Å². The highest BCUT2D eigenvalue weighted by Gasteiger charge is 2.24. The molecule has 0 amide bonds. The van der Waals surface area contributed by atoms with Gasteiger partial charge in [-0.05, 0) is 31.5 Å². The molecule has 1 N–H and O–H groups in total. The molecule has 2 atom stereocenters. The number of hydrogen-bond acceptors (Lipinski definition) is 2. The lowest BCUT2D eigenvalue weighted by atomic mass is 9.97. The molecule has 4 heteroatoms. The van der Waals surface area contributed by atoms with Crippen LogP contribution in [0.25, 0.3) is 0 Å². The molecule has 0 fully saturated rings. The quantitative estimate of drug-likeness (QED) is 0.768. The number of methoxy groups -OCH3 is 1. The maximum atomic E-state index is 14.1. The SMILES string of the molecule is CCCNC(c1ccc(Cl)cc1F)C(CCC)OC. The summed E-state index contributed by atoms with van der Waals surface area (Å²) >= 11 is 5.81. The van der Waals surface area contributed by atoms with Crippen molar-refractivity contribution in [3.05, 3.63) is 34.6 Å². The molecule has 0 aliphatic carbocycles. The van der Waals surface area contributed by atoms with Crippen molar-refractivity contribution in [3.8, 4) is 0 Å². The lowest BCUT2D eigenvalue weighted by Gasteiger charge is -2.27. The Bertz CT molecular complexity index is 386. The van der Waals surface area contributed by atoms with Crippen molar-refractivity contribution in [1.29, 1.82) is 0 Å². The van der Waals surface area contributed by atoms with Gasteiger partial charge < -0.3 is 10.1 Å². The van der Waals surface area contributed by atoms with Crippen LogP contribution in [0.1, 0.15) is 44.7 Å². The Morgan fingerprint density at radius 1 is 1.32 bits per heavy atom. The fraction of sp³-hybridized carbons (Fsp3) is 0.600. The van der Waals surface area contributed by atoms with Crippen LogP contribution in [0.4, 0.5) is 4.39 Å². The first-order chi connectivity index (χ1) is 9.13. The Hall–Kier alpha value is -0.640. The second kappa shape index (κ2) is 8.51. The van der Waals surface area contributed by atoms with E-state index in [-0.39, 0.29) is 18.0 Å². The van der Waals surface area contributed by atoms with Gasteiger partial charge in [-0.2, -0.15) is 0 Å². The molecule has 0 bridgehead atoms. The highest BCUT2D eigenvalue weighted by molar-refractivity contribution is 6.30. The number of ether oxygens (including phenoxy) is 1. The number of halogens is 2. The van der Waals surface area contributed by atoms with Crippen LogP contribution in [0.2, 0.25) is 5.02 Å². The van der Waals surface area contributed by atoms with Crippen LogP contribution >= 0.6 is 11.6 Å². The summed E-state index contributed by atoms with van der Waals surface area (Å²) in [5, 5.41) is 3.79. The number of benzene rings is 1. The van der Waals surface area contributed by atoms with E-state index in [0.717, 1.165) is 25.8 Å². The maximum absolute atomic E-state index is 14.1. The van der Waals surface area contributed by atoms with Crippen LogP contribution in [0.5, 0.6) is 0 Å². The fourth-order valence-corrected chi connectivity index (χ4v) is 2.36. The summed E-state index contributed by atoms with van der Waals surface area (Å²) in [7, 11) is 1.68. The highest BCUT2D eigenvalue weighted by atomic mass is 35.5. The van der Waals surface area contributed by atoms with E-state index < -0.39 is 0 Å². The van der Waals surface area contributed by atoms with E-state index in [0.29, 0.717) is 10.6 Å². The molecule has 1 rings (SSSR count). The van der Waals surface area contributed by atoms with Crippen molar-refractivity contribution in [3.63, 3.8) is 0 Å². The van der Waals surface area contributed by atoms with Gasteiger partial charge >= 0.3 is 0 Å². The summed E-state index contributed by atoms with van der Waals surface area (Å²) in [6, 6.07) is 4.68. The Morgan fingerprint density at radius 3 is 2.58 bits per heavy atom. The molecule has 0 aliphatic heterocycles. The average molecular weight is 288 g/mol. The molecular formula is C15H23ClFNO. The molecule has 0 saturated heterocycles. The van der Waals surface area contributed by atoms with Gasteiger partial charge in [-0.25, -0.2) is 4.39 Å². The molecule has 0 spiro atoms. The van der Waals surface area contributed by atoms with Gasteiger partial charge in [0.1, 0.15) is 5.82 Å². The Labute approximate surface area is 120 Å². The van der Waals surface area contributed by atoms with E-state index in [4.69, 9.17) is 16.3 Å². The zero-order chi connectivity index (χ0) is 14.3. The first-order valence-electron chi connectivity index (χ1n) is 6.85. The smallest absolute Gasteiger partial charge is 0.129 e. The summed E-state index contributed by atoms with van der Waals surface area (Å²) < 4.78 is 19.6. The van der Waals surface area contributed by atoms with Crippen LogP contribution in [0, 0.1) is 5.82 Å². The third kappa shape index (κ3) is 4.75. The zero-order valence-electron chi connectivity index (χ0n) is 11.9. The minimum Gasteiger partial charge on any atom is -0.379 e. The predicted molar refractivity (Wildman–Crippen MR) is 78.1 cm³/mol. The van der Waals surface area contributed by atoms with Crippen LogP contribution in [-0.4, -0.2) is 19.8 Å². The van der Waals surface area contributed by atoms with E-state index in [1.807, 2.05) is 0 Å². The summed E-state index contributed by atoms with van der Waals surface area (Å²) in [6.07, 6.45) is 2.85. The van der Waals surface area contributed by atoms with Gasteiger partial charge in [0, 0.05) is 17.7 Å². The van der Waals surface area contributed by atoms with E-state index in [1.54, 1.807) is 19.2 Å². The molecular weight excluding hydrogens is 265 g/mol. The third-order valence-electron chi connectivity index (χ3n) is 3.16. The van der Waals surface area contributed by atoms with Crippen LogP contribution in [0.15, 0.2) is 18.2 Å². The van der Waals surface area contributed by atoms with Gasteiger partial charge in [0.05, 0.1) is 12.1 Å². The summed E-state index contributed by atoms with van der Waals surface area (Å²) in [4.78, 5) is 0. The van der Waals surface area contributed by atoms with Crippen molar-refractivity contribution >= 4 is 11.6 Å². The van der Waals surface area contributed by atoms with E-state index in [9.17, 15) is 4.39 Å². The van der Waals surface area contributed by atoms with E-state index in [2.05, 4.69) is 19.2 Å². The summed E-state index contributed by atoms with van der Waals surface area (Å²) in [5.41, 5.74) is 0.623. The molecule has 2 nitrogen and oxygen atoms in total. The van der Waals surface area contributed by atoms with Gasteiger partial charge in [0.25, 0.3) is 0 Å². The highest BCUT2D eigenvalue weighted by Crippen LogP contribution is 2.26. The summed E-state index contributed by atoms with van der Waals surface area (Å²) in [6.45, 7) is 5.02. The molecule has 108 valence electrons. The second-order valence-corrected chi connectivity index (χ2v) is 5.10. The van der Waals surface area contributed by atoms with Gasteiger partial charge in [-0.1, -0.05) is 37.9 Å². The van der Waals surface area contributed by atoms with Crippen LogP contribution < -0.4 is 5.32 Å². The number of rotatable bonds is 8. The first-order valence-corrected chi connectivity index (χ1v) is 7.22. The van der Waals surface area contributed by atoms with Crippen molar-refractivity contribution in [2.24, 2.45) is 0 Å². The molecule has 0 radical (unpaired) electrons. The average Bonchev–Trinajstić information content (AvgIpc) is 2.39. The van der Waals surface area contributed by atoms with Gasteiger partial charge in [-0.15, -0.1) is 0 Å². The maximum Gasteiger partial charge on any atom is 0.129 e.